The average molecular weight is 380 g/mol. The lowest BCUT2D eigenvalue weighted by molar-refractivity contribution is -0.113. The molecular weight excluding hydrogens is 369 g/mol. The van der Waals surface area contributed by atoms with Gasteiger partial charge in [0.05, 0.1) is 20.6 Å². The number of thioether (sulfide) groups is 1. The van der Waals surface area contributed by atoms with Crippen LogP contribution < -0.4 is 4.90 Å². The van der Waals surface area contributed by atoms with E-state index < -0.39 is 0 Å². The highest BCUT2D eigenvalue weighted by atomic mass is 35.5. The van der Waals surface area contributed by atoms with E-state index in [2.05, 4.69) is 0 Å². The number of hydrogen-bond acceptors (Lipinski definition) is 3. The van der Waals surface area contributed by atoms with Crippen LogP contribution in [0, 0.1) is 6.92 Å². The van der Waals surface area contributed by atoms with Crippen LogP contribution in [0.4, 0.5) is 5.69 Å². The van der Waals surface area contributed by atoms with Gasteiger partial charge in [0.25, 0.3) is 5.91 Å². The van der Waals surface area contributed by atoms with Gasteiger partial charge in [-0.3, -0.25) is 9.69 Å². The highest BCUT2D eigenvalue weighted by Crippen LogP contribution is 2.38. The van der Waals surface area contributed by atoms with Gasteiger partial charge in [-0.25, -0.2) is 0 Å². The second-order valence-corrected chi connectivity index (χ2v) is 7.41. The molecule has 1 heterocycles. The Morgan fingerprint density at radius 3 is 2.61 bits per heavy atom. The highest BCUT2D eigenvalue weighted by molar-refractivity contribution is 8.27. The maximum Gasteiger partial charge on any atom is 0.270 e. The van der Waals surface area contributed by atoms with E-state index >= 15 is 0 Å². The van der Waals surface area contributed by atoms with Gasteiger partial charge in [-0.2, -0.15) is 0 Å². The second-order valence-electron chi connectivity index (χ2n) is 4.95. The van der Waals surface area contributed by atoms with Crippen LogP contribution in [0.2, 0.25) is 10.0 Å². The van der Waals surface area contributed by atoms with E-state index in [0.29, 0.717) is 24.8 Å². The van der Waals surface area contributed by atoms with Gasteiger partial charge in [-0.1, -0.05) is 77.5 Å². The van der Waals surface area contributed by atoms with Crippen LogP contribution in [0.1, 0.15) is 11.1 Å². The summed E-state index contributed by atoms with van der Waals surface area (Å²) in [5.74, 6) is -0.148. The smallest absolute Gasteiger partial charge is 0.268 e. The van der Waals surface area contributed by atoms with Gasteiger partial charge in [0, 0.05) is 0 Å². The van der Waals surface area contributed by atoms with E-state index in [9.17, 15) is 4.79 Å². The summed E-state index contributed by atoms with van der Waals surface area (Å²) in [7, 11) is 0. The number of aryl methyl sites for hydroxylation is 1. The monoisotopic (exact) mass is 379 g/mol. The van der Waals surface area contributed by atoms with Crippen LogP contribution in [-0.4, -0.2) is 10.2 Å². The molecular formula is C17H11Cl2NOS2. The fraction of sp³-hybridized carbons (Fsp3) is 0.0588. The fourth-order valence-electron chi connectivity index (χ4n) is 2.26. The molecule has 0 bridgehead atoms. The number of carbonyl (C=O) groups is 1. The molecule has 1 aliphatic rings. The zero-order valence-corrected chi connectivity index (χ0v) is 15.2. The standard InChI is InChI=1S/C17H11Cl2NOS2/c1-10-5-2-3-8-13(10)20-16(21)14(23-17(20)22)9-11-6-4-7-12(18)15(11)19/h2-9H,1H3/b14-9+. The van der Waals surface area contributed by atoms with E-state index in [1.165, 1.54) is 11.8 Å². The van der Waals surface area contributed by atoms with E-state index in [4.69, 9.17) is 35.4 Å². The molecule has 1 amide bonds. The number of thiocarbonyl (C=S) groups is 1. The number of amides is 1. The molecule has 1 aliphatic heterocycles. The number of para-hydroxylation sites is 1. The van der Waals surface area contributed by atoms with Gasteiger partial charge in [0.2, 0.25) is 0 Å². The van der Waals surface area contributed by atoms with E-state index in [-0.39, 0.29) is 5.91 Å². The minimum atomic E-state index is -0.148. The van der Waals surface area contributed by atoms with E-state index in [1.54, 1.807) is 23.1 Å². The molecule has 0 aliphatic carbocycles. The summed E-state index contributed by atoms with van der Waals surface area (Å²) in [6, 6.07) is 13.0. The average Bonchev–Trinajstić information content (AvgIpc) is 2.79. The van der Waals surface area contributed by atoms with Gasteiger partial charge in [0.15, 0.2) is 4.32 Å². The number of carbonyl (C=O) groups excluding carboxylic acids is 1. The Bertz CT molecular complexity index is 848. The van der Waals surface area contributed by atoms with Gasteiger partial charge < -0.3 is 0 Å². The first kappa shape index (κ1) is 16.5. The molecule has 3 rings (SSSR count). The molecule has 0 saturated carbocycles. The molecule has 23 heavy (non-hydrogen) atoms. The Morgan fingerprint density at radius 2 is 1.87 bits per heavy atom. The first-order valence-electron chi connectivity index (χ1n) is 6.76. The molecule has 1 saturated heterocycles. The van der Waals surface area contributed by atoms with Crippen molar-refractivity contribution in [1.82, 2.24) is 0 Å². The summed E-state index contributed by atoms with van der Waals surface area (Å²) in [5.41, 5.74) is 2.49. The molecule has 2 aromatic carbocycles. The minimum absolute atomic E-state index is 0.148. The lowest BCUT2D eigenvalue weighted by Gasteiger charge is -2.16. The van der Waals surface area contributed by atoms with Gasteiger partial charge in [0.1, 0.15) is 0 Å². The highest BCUT2D eigenvalue weighted by Gasteiger charge is 2.34. The quantitative estimate of drug-likeness (QED) is 0.492. The SMILES string of the molecule is Cc1ccccc1N1C(=O)/C(=C\c2cccc(Cl)c2Cl)SC1=S. The Morgan fingerprint density at radius 1 is 1.13 bits per heavy atom. The Labute approximate surface area is 154 Å². The molecule has 0 unspecified atom stereocenters. The Balaban J connectivity index is 2.00. The second kappa shape index (κ2) is 6.65. The number of halogens is 2. The Kier molecular flexibility index (Phi) is 4.78. The van der Waals surface area contributed by atoms with Crippen molar-refractivity contribution in [3.63, 3.8) is 0 Å². The third-order valence-corrected chi connectivity index (χ3v) is 5.55. The molecule has 0 N–H and O–H groups in total. The summed E-state index contributed by atoms with van der Waals surface area (Å²) in [5, 5.41) is 0.880. The lowest BCUT2D eigenvalue weighted by Crippen LogP contribution is -2.28. The van der Waals surface area contributed by atoms with Crippen LogP contribution in [0.5, 0.6) is 0 Å². The van der Waals surface area contributed by atoms with Crippen molar-refractivity contribution in [1.29, 1.82) is 0 Å². The summed E-state index contributed by atoms with van der Waals surface area (Å²) >= 11 is 18.9. The summed E-state index contributed by atoms with van der Waals surface area (Å²) < 4.78 is 0.508. The molecule has 0 aromatic heterocycles. The van der Waals surface area contributed by atoms with Gasteiger partial charge in [-0.05, 0) is 36.3 Å². The van der Waals surface area contributed by atoms with Crippen LogP contribution in [0.3, 0.4) is 0 Å². The van der Waals surface area contributed by atoms with Gasteiger partial charge >= 0.3 is 0 Å². The predicted molar refractivity (Wildman–Crippen MR) is 103 cm³/mol. The van der Waals surface area contributed by atoms with Crippen molar-refractivity contribution < 1.29 is 4.79 Å². The van der Waals surface area contributed by atoms with Crippen molar-refractivity contribution in [3.8, 4) is 0 Å². The number of nitrogens with zero attached hydrogens (tertiary/aromatic N) is 1. The molecule has 0 atom stereocenters. The normalized spacial score (nSPS) is 16.5. The van der Waals surface area contributed by atoms with Crippen molar-refractivity contribution in [3.05, 3.63) is 68.5 Å². The molecule has 0 radical (unpaired) electrons. The third-order valence-electron chi connectivity index (χ3n) is 3.42. The molecule has 2 aromatic rings. The lowest BCUT2D eigenvalue weighted by atomic mass is 10.1. The van der Waals surface area contributed by atoms with Crippen LogP contribution in [-0.2, 0) is 4.79 Å². The van der Waals surface area contributed by atoms with Crippen LogP contribution in [0.25, 0.3) is 6.08 Å². The molecule has 1 fully saturated rings. The topological polar surface area (TPSA) is 20.3 Å². The Hall–Kier alpha value is -1.33. The van der Waals surface area contributed by atoms with Crippen molar-refractivity contribution >= 4 is 69.2 Å². The third kappa shape index (κ3) is 3.17. The first-order chi connectivity index (χ1) is 11.0. The summed E-state index contributed by atoms with van der Waals surface area (Å²) in [4.78, 5) is 14.8. The molecule has 116 valence electrons. The van der Waals surface area contributed by atoms with Crippen LogP contribution >= 0.6 is 47.2 Å². The van der Waals surface area contributed by atoms with Gasteiger partial charge in [-0.15, -0.1) is 0 Å². The predicted octanol–water partition coefficient (Wildman–Crippen LogP) is 5.71. The summed E-state index contributed by atoms with van der Waals surface area (Å²) in [6.07, 6.45) is 1.73. The molecule has 6 heteroatoms. The number of rotatable bonds is 2. The number of benzene rings is 2. The largest absolute Gasteiger partial charge is 0.270 e. The summed E-state index contributed by atoms with van der Waals surface area (Å²) in [6.45, 7) is 1.95. The zero-order valence-electron chi connectivity index (χ0n) is 12.0. The maximum absolute atomic E-state index is 12.7. The van der Waals surface area contributed by atoms with Crippen molar-refractivity contribution in [2.45, 2.75) is 6.92 Å². The number of anilines is 1. The fourth-order valence-corrected chi connectivity index (χ4v) is 3.90. The van der Waals surface area contributed by atoms with E-state index in [0.717, 1.165) is 11.3 Å². The zero-order chi connectivity index (χ0) is 16.6. The minimum Gasteiger partial charge on any atom is -0.268 e. The molecule has 2 nitrogen and oxygen atoms in total. The van der Waals surface area contributed by atoms with Crippen molar-refractivity contribution in [2.75, 3.05) is 4.90 Å². The first-order valence-corrected chi connectivity index (χ1v) is 8.74. The van der Waals surface area contributed by atoms with Crippen LogP contribution in [0.15, 0.2) is 47.4 Å². The number of hydrogen-bond donors (Lipinski definition) is 0. The van der Waals surface area contributed by atoms with E-state index in [1.807, 2.05) is 37.3 Å². The molecule has 0 spiro atoms. The van der Waals surface area contributed by atoms with Crippen molar-refractivity contribution in [2.24, 2.45) is 0 Å². The maximum atomic E-state index is 12.7.